The second-order valence-corrected chi connectivity index (χ2v) is 5.09. The molecule has 0 unspecified atom stereocenters. The van der Waals surface area contributed by atoms with Crippen LogP contribution in [-0.4, -0.2) is 46.7 Å². The number of hydrogen-bond acceptors (Lipinski definition) is 4. The molecule has 0 aliphatic carbocycles. The van der Waals surface area contributed by atoms with Gasteiger partial charge < -0.3 is 19.5 Å². The molecule has 0 aliphatic rings. The van der Waals surface area contributed by atoms with Gasteiger partial charge in [-0.2, -0.15) is 0 Å². The zero-order valence-electron chi connectivity index (χ0n) is 11.0. The molecule has 0 spiro atoms. The van der Waals surface area contributed by atoms with Crippen LogP contribution in [0.4, 0.5) is 5.69 Å². The highest BCUT2D eigenvalue weighted by atomic mass is 79.9. The van der Waals surface area contributed by atoms with Crippen LogP contribution in [0.25, 0.3) is 0 Å². The second kappa shape index (κ2) is 10.5. The van der Waals surface area contributed by atoms with E-state index in [2.05, 4.69) is 21.2 Å². The van der Waals surface area contributed by atoms with Gasteiger partial charge in [-0.15, -0.1) is 0 Å². The van der Waals surface area contributed by atoms with Crippen LogP contribution in [0.2, 0.25) is 5.02 Å². The molecule has 1 aromatic carbocycles. The van der Waals surface area contributed by atoms with Gasteiger partial charge in [0.2, 0.25) is 0 Å². The van der Waals surface area contributed by atoms with Crippen LogP contribution in [-0.2, 0) is 14.2 Å². The molecule has 1 aromatic rings. The maximum atomic E-state index is 6.08. The topological polar surface area (TPSA) is 39.7 Å². The summed E-state index contributed by atoms with van der Waals surface area (Å²) in [5.74, 6) is 0. The quantitative estimate of drug-likeness (QED) is 0.657. The third-order valence-corrected chi connectivity index (χ3v) is 3.10. The molecule has 19 heavy (non-hydrogen) atoms. The fourth-order valence-electron chi connectivity index (χ4n) is 1.35. The van der Waals surface area contributed by atoms with Crippen molar-refractivity contribution in [3.8, 4) is 0 Å². The van der Waals surface area contributed by atoms with Crippen LogP contribution in [0.5, 0.6) is 0 Å². The summed E-state index contributed by atoms with van der Waals surface area (Å²) in [5, 5.41) is 3.90. The summed E-state index contributed by atoms with van der Waals surface area (Å²) in [6.45, 7) is 3.71. The molecule has 0 heterocycles. The Hall–Kier alpha value is -0.330. The number of ether oxygens (including phenoxy) is 3. The lowest BCUT2D eigenvalue weighted by atomic mass is 10.3. The van der Waals surface area contributed by atoms with Crippen LogP contribution in [0.3, 0.4) is 0 Å². The molecule has 0 radical (unpaired) electrons. The first-order valence-corrected chi connectivity index (χ1v) is 7.24. The van der Waals surface area contributed by atoms with Gasteiger partial charge in [0, 0.05) is 18.1 Å². The van der Waals surface area contributed by atoms with E-state index in [9.17, 15) is 0 Å². The first-order valence-electron chi connectivity index (χ1n) is 6.07. The lowest BCUT2D eigenvalue weighted by Gasteiger charge is -2.09. The van der Waals surface area contributed by atoms with E-state index in [0.29, 0.717) is 44.6 Å². The van der Waals surface area contributed by atoms with Crippen LogP contribution >= 0.6 is 27.5 Å². The number of benzene rings is 1. The van der Waals surface area contributed by atoms with Crippen molar-refractivity contribution in [1.82, 2.24) is 0 Å². The minimum Gasteiger partial charge on any atom is -0.382 e. The molecule has 0 bridgehead atoms. The normalized spacial score (nSPS) is 10.7. The molecule has 4 nitrogen and oxygen atoms in total. The lowest BCUT2D eigenvalue weighted by molar-refractivity contribution is 0.0272. The summed E-state index contributed by atoms with van der Waals surface area (Å²) in [4.78, 5) is 0. The molecule has 108 valence electrons. The molecule has 6 heteroatoms. The van der Waals surface area contributed by atoms with Crippen molar-refractivity contribution in [3.05, 3.63) is 27.7 Å². The standard InChI is InChI=1S/C13H19BrClNO3/c1-17-6-7-19-9-8-18-5-4-16-13-3-2-11(14)10-12(13)15/h2-3,10,16H,4-9H2,1H3. The van der Waals surface area contributed by atoms with Crippen LogP contribution in [0.15, 0.2) is 22.7 Å². The highest BCUT2D eigenvalue weighted by Gasteiger charge is 1.99. The summed E-state index contributed by atoms with van der Waals surface area (Å²) in [6, 6.07) is 5.73. The number of halogens is 2. The van der Waals surface area contributed by atoms with E-state index in [1.165, 1.54) is 0 Å². The van der Waals surface area contributed by atoms with Gasteiger partial charge in [-0.25, -0.2) is 0 Å². The average Bonchev–Trinajstić information content (AvgIpc) is 2.39. The summed E-state index contributed by atoms with van der Waals surface area (Å²) >= 11 is 9.44. The number of anilines is 1. The second-order valence-electron chi connectivity index (χ2n) is 3.77. The summed E-state index contributed by atoms with van der Waals surface area (Å²) in [6.07, 6.45) is 0. The van der Waals surface area contributed by atoms with Crippen molar-refractivity contribution >= 4 is 33.2 Å². The Bertz CT molecular complexity index is 366. The van der Waals surface area contributed by atoms with Crippen molar-refractivity contribution < 1.29 is 14.2 Å². The van der Waals surface area contributed by atoms with Gasteiger partial charge in [-0.3, -0.25) is 0 Å². The van der Waals surface area contributed by atoms with E-state index in [1.54, 1.807) is 7.11 Å². The van der Waals surface area contributed by atoms with Crippen LogP contribution in [0.1, 0.15) is 0 Å². The van der Waals surface area contributed by atoms with Crippen molar-refractivity contribution in [2.24, 2.45) is 0 Å². The monoisotopic (exact) mass is 351 g/mol. The lowest BCUT2D eigenvalue weighted by Crippen LogP contribution is -2.13. The number of hydrogen-bond donors (Lipinski definition) is 1. The molecule has 0 amide bonds. The van der Waals surface area contributed by atoms with Gasteiger partial charge in [0.15, 0.2) is 0 Å². The molecule has 0 atom stereocenters. The smallest absolute Gasteiger partial charge is 0.0701 e. The molecule has 0 aliphatic heterocycles. The van der Waals surface area contributed by atoms with Gasteiger partial charge in [-0.1, -0.05) is 27.5 Å². The molecule has 0 saturated carbocycles. The molecular weight excluding hydrogens is 334 g/mol. The Morgan fingerprint density at radius 3 is 2.47 bits per heavy atom. The maximum absolute atomic E-state index is 6.08. The minimum atomic E-state index is 0.583. The van der Waals surface area contributed by atoms with Crippen LogP contribution < -0.4 is 5.32 Å². The highest BCUT2D eigenvalue weighted by molar-refractivity contribution is 9.10. The summed E-state index contributed by atoms with van der Waals surface area (Å²) < 4.78 is 16.5. The van der Waals surface area contributed by atoms with Gasteiger partial charge in [0.05, 0.1) is 43.7 Å². The summed E-state index contributed by atoms with van der Waals surface area (Å²) in [7, 11) is 1.65. The SMILES string of the molecule is COCCOCCOCCNc1ccc(Br)cc1Cl. The fraction of sp³-hybridized carbons (Fsp3) is 0.538. The van der Waals surface area contributed by atoms with Gasteiger partial charge in [0.25, 0.3) is 0 Å². The highest BCUT2D eigenvalue weighted by Crippen LogP contribution is 2.25. The minimum absolute atomic E-state index is 0.583. The number of methoxy groups -OCH3 is 1. The van der Waals surface area contributed by atoms with Crippen molar-refractivity contribution in [2.75, 3.05) is 52.0 Å². The van der Waals surface area contributed by atoms with Gasteiger partial charge in [-0.05, 0) is 18.2 Å². The molecular formula is C13H19BrClNO3. The first-order chi connectivity index (χ1) is 9.24. The van der Waals surface area contributed by atoms with E-state index in [0.717, 1.165) is 10.2 Å². The predicted octanol–water partition coefficient (Wildman–Crippen LogP) is 3.19. The number of nitrogens with one attached hydrogen (secondary N) is 1. The van der Waals surface area contributed by atoms with E-state index >= 15 is 0 Å². The Kier molecular flexibility index (Phi) is 9.20. The van der Waals surface area contributed by atoms with Crippen LogP contribution in [0, 0.1) is 0 Å². The molecule has 1 N–H and O–H groups in total. The molecule has 0 aromatic heterocycles. The predicted molar refractivity (Wildman–Crippen MR) is 81.2 cm³/mol. The largest absolute Gasteiger partial charge is 0.382 e. The van der Waals surface area contributed by atoms with Crippen molar-refractivity contribution in [2.45, 2.75) is 0 Å². The summed E-state index contributed by atoms with van der Waals surface area (Å²) in [5.41, 5.74) is 0.907. The Labute approximate surface area is 127 Å². The van der Waals surface area contributed by atoms with Gasteiger partial charge >= 0.3 is 0 Å². The Morgan fingerprint density at radius 1 is 1.11 bits per heavy atom. The zero-order chi connectivity index (χ0) is 13.9. The zero-order valence-corrected chi connectivity index (χ0v) is 13.3. The van der Waals surface area contributed by atoms with E-state index in [1.807, 2.05) is 18.2 Å². The van der Waals surface area contributed by atoms with E-state index < -0.39 is 0 Å². The van der Waals surface area contributed by atoms with E-state index in [4.69, 9.17) is 25.8 Å². The van der Waals surface area contributed by atoms with E-state index in [-0.39, 0.29) is 0 Å². The van der Waals surface area contributed by atoms with Crippen molar-refractivity contribution in [3.63, 3.8) is 0 Å². The first kappa shape index (κ1) is 16.7. The number of rotatable bonds is 10. The molecule has 1 rings (SSSR count). The average molecular weight is 353 g/mol. The molecule has 0 fully saturated rings. The van der Waals surface area contributed by atoms with Gasteiger partial charge in [0.1, 0.15) is 0 Å². The third kappa shape index (κ3) is 7.74. The Morgan fingerprint density at radius 2 is 1.79 bits per heavy atom. The van der Waals surface area contributed by atoms with Crippen molar-refractivity contribution in [1.29, 1.82) is 0 Å². The Balaban J connectivity index is 2.01. The molecule has 0 saturated heterocycles. The third-order valence-electron chi connectivity index (χ3n) is 2.30. The fourth-order valence-corrected chi connectivity index (χ4v) is 2.10. The maximum Gasteiger partial charge on any atom is 0.0701 e.